The highest BCUT2D eigenvalue weighted by atomic mass is 16.5. The Morgan fingerprint density at radius 2 is 1.92 bits per heavy atom. The number of benzene rings is 1. The van der Waals surface area contributed by atoms with E-state index in [-0.39, 0.29) is 5.57 Å². The highest BCUT2D eigenvalue weighted by Gasteiger charge is 2.16. The van der Waals surface area contributed by atoms with E-state index in [1.165, 1.54) is 20.0 Å². The van der Waals surface area contributed by atoms with Crippen molar-refractivity contribution in [2.75, 3.05) is 7.11 Å². The average molecular weight is 329 g/mol. The molecule has 0 radical (unpaired) electrons. The van der Waals surface area contributed by atoms with Crippen molar-refractivity contribution in [3.63, 3.8) is 0 Å². The Morgan fingerprint density at radius 3 is 2.29 bits per heavy atom. The molecule has 1 rings (SSSR count). The van der Waals surface area contributed by atoms with Crippen LogP contribution in [0, 0.1) is 11.3 Å². The molecule has 0 saturated heterocycles. The van der Waals surface area contributed by atoms with Crippen LogP contribution in [0.2, 0.25) is 0 Å². The standard InChI is InChI=1S/C16H17NO3.C4H10/c1-4-6-13(16(18)19)12(5-2)14-9-11(10-17)7-8-15(14)20-3;1-3-4-2/h4,6-9H,5H2,1-3H3,(H,18,19);3-4H2,1-2H3/b6-4-,13-12-;. The smallest absolute Gasteiger partial charge is 0.335 e. The van der Waals surface area contributed by atoms with Crippen LogP contribution in [-0.2, 0) is 4.79 Å². The number of ether oxygens (including phenoxy) is 1. The lowest BCUT2D eigenvalue weighted by Gasteiger charge is -2.13. The van der Waals surface area contributed by atoms with Crippen LogP contribution in [0.5, 0.6) is 5.75 Å². The molecule has 0 amide bonds. The van der Waals surface area contributed by atoms with Crippen LogP contribution in [0.25, 0.3) is 5.57 Å². The van der Waals surface area contributed by atoms with Gasteiger partial charge in [0, 0.05) is 5.56 Å². The van der Waals surface area contributed by atoms with E-state index in [0.717, 1.165) is 0 Å². The third-order valence-corrected chi connectivity index (χ3v) is 3.40. The number of methoxy groups -OCH3 is 1. The van der Waals surface area contributed by atoms with Gasteiger partial charge < -0.3 is 9.84 Å². The maximum Gasteiger partial charge on any atom is 0.335 e. The lowest BCUT2D eigenvalue weighted by Crippen LogP contribution is -2.03. The first-order valence-corrected chi connectivity index (χ1v) is 8.18. The Balaban J connectivity index is 0.00000118. The summed E-state index contributed by atoms with van der Waals surface area (Å²) in [5.74, 6) is -0.437. The lowest BCUT2D eigenvalue weighted by molar-refractivity contribution is -0.132. The van der Waals surface area contributed by atoms with Crippen LogP contribution >= 0.6 is 0 Å². The largest absolute Gasteiger partial charge is 0.496 e. The van der Waals surface area contributed by atoms with Gasteiger partial charge in [0.15, 0.2) is 0 Å². The molecule has 0 atom stereocenters. The van der Waals surface area contributed by atoms with Gasteiger partial charge in [-0.2, -0.15) is 5.26 Å². The Hall–Kier alpha value is -2.54. The summed E-state index contributed by atoms with van der Waals surface area (Å²) in [6.45, 7) is 8.00. The topological polar surface area (TPSA) is 70.3 Å². The van der Waals surface area contributed by atoms with Gasteiger partial charge in [-0.3, -0.25) is 0 Å². The van der Waals surface area contributed by atoms with E-state index < -0.39 is 5.97 Å². The first-order valence-electron chi connectivity index (χ1n) is 8.18. The van der Waals surface area contributed by atoms with Crippen molar-refractivity contribution in [2.45, 2.75) is 47.0 Å². The summed E-state index contributed by atoms with van der Waals surface area (Å²) >= 11 is 0. The Morgan fingerprint density at radius 1 is 1.29 bits per heavy atom. The van der Waals surface area contributed by atoms with Crippen molar-refractivity contribution in [2.24, 2.45) is 0 Å². The van der Waals surface area contributed by atoms with Crippen molar-refractivity contribution in [1.82, 2.24) is 0 Å². The molecule has 0 unspecified atom stereocenters. The van der Waals surface area contributed by atoms with Gasteiger partial charge in [0.25, 0.3) is 0 Å². The summed E-state index contributed by atoms with van der Waals surface area (Å²) in [5, 5.41) is 18.3. The second kappa shape index (κ2) is 12.0. The summed E-state index contributed by atoms with van der Waals surface area (Å²) in [6, 6.07) is 7.03. The van der Waals surface area contributed by atoms with Crippen molar-refractivity contribution in [3.05, 3.63) is 47.1 Å². The number of carbonyl (C=O) groups is 1. The summed E-state index contributed by atoms with van der Waals surface area (Å²) in [5.41, 5.74) is 1.97. The molecule has 0 aromatic heterocycles. The number of carboxylic acids is 1. The van der Waals surface area contributed by atoms with Gasteiger partial charge in [0.1, 0.15) is 5.75 Å². The number of nitrogens with zero attached hydrogens (tertiary/aromatic N) is 1. The Labute approximate surface area is 145 Å². The van der Waals surface area contributed by atoms with Crippen molar-refractivity contribution < 1.29 is 14.6 Å². The zero-order valence-corrected chi connectivity index (χ0v) is 15.2. The van der Waals surface area contributed by atoms with Crippen LogP contribution in [0.15, 0.2) is 35.9 Å². The van der Waals surface area contributed by atoms with E-state index >= 15 is 0 Å². The third kappa shape index (κ3) is 6.29. The molecule has 4 heteroatoms. The van der Waals surface area contributed by atoms with Crippen LogP contribution in [0.3, 0.4) is 0 Å². The van der Waals surface area contributed by atoms with Gasteiger partial charge in [0.2, 0.25) is 0 Å². The van der Waals surface area contributed by atoms with E-state index in [2.05, 4.69) is 19.9 Å². The summed E-state index contributed by atoms with van der Waals surface area (Å²) < 4.78 is 5.28. The predicted octanol–water partition coefficient (Wildman–Crippen LogP) is 5.20. The quantitative estimate of drug-likeness (QED) is 0.575. The van der Waals surface area contributed by atoms with Gasteiger partial charge in [0.05, 0.1) is 24.3 Å². The van der Waals surface area contributed by atoms with E-state index in [1.807, 2.05) is 6.92 Å². The first-order chi connectivity index (χ1) is 11.5. The highest BCUT2D eigenvalue weighted by Crippen LogP contribution is 2.32. The molecule has 0 aliphatic heterocycles. The van der Waals surface area contributed by atoms with E-state index in [9.17, 15) is 9.90 Å². The molecule has 1 aromatic carbocycles. The van der Waals surface area contributed by atoms with Gasteiger partial charge in [-0.1, -0.05) is 45.8 Å². The van der Waals surface area contributed by atoms with Crippen molar-refractivity contribution in [3.8, 4) is 11.8 Å². The van der Waals surface area contributed by atoms with E-state index in [1.54, 1.807) is 37.3 Å². The molecule has 4 nitrogen and oxygen atoms in total. The minimum absolute atomic E-state index is 0.211. The molecule has 0 saturated carbocycles. The zero-order chi connectivity index (χ0) is 18.5. The van der Waals surface area contributed by atoms with Crippen LogP contribution < -0.4 is 4.74 Å². The molecule has 0 heterocycles. The molecule has 24 heavy (non-hydrogen) atoms. The summed E-state index contributed by atoms with van der Waals surface area (Å²) in [6.07, 6.45) is 6.40. The molecule has 0 fully saturated rings. The van der Waals surface area contributed by atoms with Gasteiger partial charge in [-0.25, -0.2) is 4.79 Å². The van der Waals surface area contributed by atoms with Gasteiger partial charge >= 0.3 is 5.97 Å². The van der Waals surface area contributed by atoms with Crippen molar-refractivity contribution in [1.29, 1.82) is 5.26 Å². The molecular weight excluding hydrogens is 302 g/mol. The molecular formula is C20H27NO3. The van der Waals surface area contributed by atoms with Gasteiger partial charge in [-0.05, 0) is 37.1 Å². The SMILES string of the molecule is C/C=C\C(C(=O)O)=C(/CC)c1cc(C#N)ccc1OC.CCCC. The molecule has 1 N–H and O–H groups in total. The number of unbranched alkanes of at least 4 members (excludes halogenated alkanes) is 1. The minimum atomic E-state index is -0.996. The fraction of sp³-hybridized carbons (Fsp3) is 0.400. The van der Waals surface area contributed by atoms with E-state index in [0.29, 0.717) is 28.9 Å². The lowest BCUT2D eigenvalue weighted by atomic mass is 9.95. The van der Waals surface area contributed by atoms with Crippen LogP contribution in [-0.4, -0.2) is 18.2 Å². The number of nitriles is 1. The fourth-order valence-electron chi connectivity index (χ4n) is 2.01. The van der Waals surface area contributed by atoms with Gasteiger partial charge in [-0.15, -0.1) is 0 Å². The first kappa shape index (κ1) is 21.5. The summed E-state index contributed by atoms with van der Waals surface area (Å²) in [4.78, 5) is 11.4. The molecule has 130 valence electrons. The van der Waals surface area contributed by atoms with E-state index in [4.69, 9.17) is 10.00 Å². The molecule has 1 aromatic rings. The minimum Gasteiger partial charge on any atom is -0.496 e. The monoisotopic (exact) mass is 329 g/mol. The number of hydrogen-bond acceptors (Lipinski definition) is 3. The Kier molecular flexibility index (Phi) is 10.7. The summed E-state index contributed by atoms with van der Waals surface area (Å²) in [7, 11) is 1.52. The molecule has 0 aliphatic carbocycles. The second-order valence-corrected chi connectivity index (χ2v) is 5.08. The van der Waals surface area contributed by atoms with Crippen LogP contribution in [0.4, 0.5) is 0 Å². The maximum atomic E-state index is 11.4. The number of allylic oxidation sites excluding steroid dienone is 2. The predicted molar refractivity (Wildman–Crippen MR) is 98.0 cm³/mol. The highest BCUT2D eigenvalue weighted by molar-refractivity contribution is 6.00. The third-order valence-electron chi connectivity index (χ3n) is 3.40. The molecule has 0 aliphatic rings. The maximum absolute atomic E-state index is 11.4. The Bertz CT molecular complexity index is 635. The molecule has 0 spiro atoms. The number of hydrogen-bond donors (Lipinski definition) is 1. The zero-order valence-electron chi connectivity index (χ0n) is 15.2. The number of rotatable bonds is 6. The van der Waals surface area contributed by atoms with Crippen molar-refractivity contribution >= 4 is 11.5 Å². The molecule has 0 bridgehead atoms. The second-order valence-electron chi connectivity index (χ2n) is 5.08. The number of carboxylic acid groups (broad SMARTS) is 1. The normalized spacial score (nSPS) is 11.2. The van der Waals surface area contributed by atoms with Crippen LogP contribution in [0.1, 0.15) is 58.1 Å². The average Bonchev–Trinajstić information content (AvgIpc) is 2.61. The number of aliphatic carboxylic acids is 1. The fourth-order valence-corrected chi connectivity index (χ4v) is 2.01.